The number of nitrogens with two attached hydrogens (primary N) is 1. The third-order valence-corrected chi connectivity index (χ3v) is 1.90. The Hall–Kier alpha value is -1.44. The van der Waals surface area contributed by atoms with Gasteiger partial charge in [0.2, 0.25) is 0 Å². The Morgan fingerprint density at radius 2 is 2.17 bits per heavy atom. The van der Waals surface area contributed by atoms with E-state index in [1.165, 1.54) is 0 Å². The number of allylic oxidation sites excluding steroid dienone is 3. The van der Waals surface area contributed by atoms with Gasteiger partial charge in [-0.1, -0.05) is 13.2 Å². The maximum Gasteiger partial charge on any atom is 0.0564 e. The average molecular weight is 162 g/mol. The Morgan fingerprint density at radius 3 is 2.58 bits per heavy atom. The molecule has 0 aliphatic carbocycles. The number of hydrogen-bond acceptors (Lipinski definition) is 2. The van der Waals surface area contributed by atoms with E-state index in [-0.39, 0.29) is 0 Å². The number of nitrogens with zero attached hydrogens (tertiary/aromatic N) is 1. The summed E-state index contributed by atoms with van der Waals surface area (Å²) in [5, 5.41) is 0. The molecule has 0 amide bonds. The zero-order valence-electron chi connectivity index (χ0n) is 7.59. The molecular formula is C10H14N2. The third kappa shape index (κ3) is 1.42. The fourth-order valence-corrected chi connectivity index (χ4v) is 1.01. The fourth-order valence-electron chi connectivity index (χ4n) is 1.01. The van der Waals surface area contributed by atoms with Crippen molar-refractivity contribution in [3.05, 3.63) is 48.0 Å². The highest BCUT2D eigenvalue weighted by Crippen LogP contribution is 2.21. The van der Waals surface area contributed by atoms with Crippen molar-refractivity contribution in [2.45, 2.75) is 6.92 Å². The summed E-state index contributed by atoms with van der Waals surface area (Å²) < 4.78 is 0. The molecule has 2 N–H and O–H groups in total. The summed E-state index contributed by atoms with van der Waals surface area (Å²) in [6.45, 7) is 9.63. The largest absolute Gasteiger partial charge is 0.397 e. The van der Waals surface area contributed by atoms with Gasteiger partial charge in [-0.05, 0) is 24.1 Å². The fraction of sp³-hybridized carbons (Fsp3) is 0.200. The summed E-state index contributed by atoms with van der Waals surface area (Å²) in [4.78, 5) is 1.90. The minimum absolute atomic E-state index is 0.706. The summed E-state index contributed by atoms with van der Waals surface area (Å²) in [6.07, 6.45) is 3.87. The molecule has 12 heavy (non-hydrogen) atoms. The van der Waals surface area contributed by atoms with Crippen LogP contribution in [0.15, 0.2) is 48.0 Å². The second-order valence-corrected chi connectivity index (χ2v) is 3.02. The lowest BCUT2D eigenvalue weighted by molar-refractivity contribution is 0.569. The van der Waals surface area contributed by atoms with Crippen molar-refractivity contribution in [3.63, 3.8) is 0 Å². The van der Waals surface area contributed by atoms with Crippen molar-refractivity contribution < 1.29 is 0 Å². The Labute approximate surface area is 73.4 Å². The topological polar surface area (TPSA) is 29.3 Å². The molecule has 0 saturated carbocycles. The van der Waals surface area contributed by atoms with Crippen molar-refractivity contribution >= 4 is 0 Å². The van der Waals surface area contributed by atoms with E-state index in [0.717, 1.165) is 16.8 Å². The second-order valence-electron chi connectivity index (χ2n) is 3.02. The van der Waals surface area contributed by atoms with Gasteiger partial charge in [0.1, 0.15) is 0 Å². The zero-order valence-corrected chi connectivity index (χ0v) is 7.59. The van der Waals surface area contributed by atoms with Crippen molar-refractivity contribution in [3.8, 4) is 0 Å². The Bertz CT molecular complexity index is 295. The quantitative estimate of drug-likeness (QED) is 0.636. The SMILES string of the molecule is C=C(C)C1=CN(C)C(=C)C(N)=C1. The van der Waals surface area contributed by atoms with Gasteiger partial charge < -0.3 is 10.6 Å². The molecule has 1 heterocycles. The molecule has 0 aromatic rings. The molecule has 0 atom stereocenters. The van der Waals surface area contributed by atoms with Crippen LogP contribution in [-0.2, 0) is 0 Å². The Balaban J connectivity index is 3.03. The van der Waals surface area contributed by atoms with E-state index in [1.54, 1.807) is 0 Å². The van der Waals surface area contributed by atoms with E-state index >= 15 is 0 Å². The van der Waals surface area contributed by atoms with Gasteiger partial charge in [0.25, 0.3) is 0 Å². The van der Waals surface area contributed by atoms with Crippen LogP contribution in [0, 0.1) is 0 Å². The van der Waals surface area contributed by atoms with Crippen LogP contribution in [0.2, 0.25) is 0 Å². The lowest BCUT2D eigenvalue weighted by Crippen LogP contribution is -2.20. The summed E-state index contributed by atoms with van der Waals surface area (Å²) in [5.41, 5.74) is 9.34. The van der Waals surface area contributed by atoms with Gasteiger partial charge in [0.05, 0.1) is 11.4 Å². The first-order valence-corrected chi connectivity index (χ1v) is 3.79. The first kappa shape index (κ1) is 8.65. The lowest BCUT2D eigenvalue weighted by atomic mass is 10.1. The lowest BCUT2D eigenvalue weighted by Gasteiger charge is -2.23. The molecule has 0 bridgehead atoms. The van der Waals surface area contributed by atoms with E-state index in [1.807, 2.05) is 31.1 Å². The number of likely N-dealkylation sites (N-methyl/N-ethyl adjacent to an activating group) is 1. The highest BCUT2D eigenvalue weighted by atomic mass is 15.1. The molecule has 2 nitrogen and oxygen atoms in total. The van der Waals surface area contributed by atoms with Crippen molar-refractivity contribution in [2.75, 3.05) is 7.05 Å². The molecule has 1 aliphatic heterocycles. The van der Waals surface area contributed by atoms with E-state index in [2.05, 4.69) is 13.2 Å². The normalized spacial score (nSPS) is 17.2. The average Bonchev–Trinajstić information content (AvgIpc) is 1.99. The van der Waals surface area contributed by atoms with Crippen LogP contribution < -0.4 is 5.73 Å². The highest BCUT2D eigenvalue weighted by Gasteiger charge is 2.10. The van der Waals surface area contributed by atoms with Crippen LogP contribution >= 0.6 is 0 Å². The van der Waals surface area contributed by atoms with Crippen LogP contribution in [0.5, 0.6) is 0 Å². The number of hydrogen-bond donors (Lipinski definition) is 1. The predicted molar refractivity (Wildman–Crippen MR) is 52.1 cm³/mol. The van der Waals surface area contributed by atoms with Gasteiger partial charge >= 0.3 is 0 Å². The molecule has 1 aliphatic rings. The summed E-state index contributed by atoms with van der Waals surface area (Å²) in [7, 11) is 1.92. The molecule has 0 radical (unpaired) electrons. The molecule has 0 unspecified atom stereocenters. The second kappa shape index (κ2) is 2.89. The first-order chi connectivity index (χ1) is 5.52. The van der Waals surface area contributed by atoms with Crippen LogP contribution in [0.25, 0.3) is 0 Å². The minimum Gasteiger partial charge on any atom is -0.397 e. The van der Waals surface area contributed by atoms with Crippen molar-refractivity contribution in [2.24, 2.45) is 5.73 Å². The van der Waals surface area contributed by atoms with Crippen molar-refractivity contribution in [1.29, 1.82) is 0 Å². The van der Waals surface area contributed by atoms with E-state index in [9.17, 15) is 0 Å². The standard InChI is InChI=1S/C10H14N2/c1-7(2)9-5-10(11)8(3)12(4)6-9/h5-6H,1,3,11H2,2,4H3. The molecule has 1 rings (SSSR count). The molecule has 0 aromatic carbocycles. The maximum atomic E-state index is 5.73. The molecule has 0 fully saturated rings. The molecular weight excluding hydrogens is 148 g/mol. The van der Waals surface area contributed by atoms with Crippen LogP contribution in [0.4, 0.5) is 0 Å². The zero-order chi connectivity index (χ0) is 9.30. The van der Waals surface area contributed by atoms with Crippen molar-refractivity contribution in [1.82, 2.24) is 4.90 Å². The Kier molecular flexibility index (Phi) is 2.09. The van der Waals surface area contributed by atoms with Gasteiger partial charge in [-0.3, -0.25) is 0 Å². The Morgan fingerprint density at radius 1 is 1.58 bits per heavy atom. The molecule has 0 spiro atoms. The predicted octanol–water partition coefficient (Wildman–Crippen LogP) is 1.75. The van der Waals surface area contributed by atoms with Crippen LogP contribution in [0.3, 0.4) is 0 Å². The van der Waals surface area contributed by atoms with Gasteiger partial charge in [0.15, 0.2) is 0 Å². The van der Waals surface area contributed by atoms with Gasteiger partial charge in [-0.25, -0.2) is 0 Å². The molecule has 0 saturated heterocycles. The van der Waals surface area contributed by atoms with Crippen LogP contribution in [0.1, 0.15) is 6.92 Å². The monoisotopic (exact) mass is 162 g/mol. The van der Waals surface area contributed by atoms with Gasteiger partial charge in [-0.15, -0.1) is 0 Å². The van der Waals surface area contributed by atoms with E-state index in [4.69, 9.17) is 5.73 Å². The first-order valence-electron chi connectivity index (χ1n) is 3.79. The van der Waals surface area contributed by atoms with Gasteiger partial charge in [-0.2, -0.15) is 0 Å². The molecule has 64 valence electrons. The third-order valence-electron chi connectivity index (χ3n) is 1.90. The van der Waals surface area contributed by atoms with E-state index in [0.29, 0.717) is 5.70 Å². The van der Waals surface area contributed by atoms with Gasteiger partial charge in [0, 0.05) is 13.2 Å². The molecule has 0 aromatic heterocycles. The van der Waals surface area contributed by atoms with E-state index < -0.39 is 0 Å². The summed E-state index contributed by atoms with van der Waals surface area (Å²) in [6, 6.07) is 0. The minimum atomic E-state index is 0.706. The molecule has 2 heteroatoms. The summed E-state index contributed by atoms with van der Waals surface area (Å²) >= 11 is 0. The number of rotatable bonds is 1. The highest BCUT2D eigenvalue weighted by molar-refractivity contribution is 5.46. The van der Waals surface area contributed by atoms with Crippen LogP contribution in [-0.4, -0.2) is 11.9 Å². The smallest absolute Gasteiger partial charge is 0.0564 e. The maximum absolute atomic E-state index is 5.73. The summed E-state index contributed by atoms with van der Waals surface area (Å²) in [5.74, 6) is 0.